The van der Waals surface area contributed by atoms with Crippen LogP contribution in [-0.2, 0) is 51.8 Å². The molecule has 2 aromatic heterocycles. The van der Waals surface area contributed by atoms with E-state index in [2.05, 4.69) is 131 Å². The molecular weight excluding hydrogens is 671 g/mol. The second-order valence-electron chi connectivity index (χ2n) is 10.7. The van der Waals surface area contributed by atoms with E-state index < -0.39 is 0 Å². The van der Waals surface area contributed by atoms with Crippen LogP contribution >= 0.6 is 0 Å². The average Bonchev–Trinajstić information content (AvgIpc) is 3.58. The molecule has 2 unspecified atom stereocenters. The first-order chi connectivity index (χ1) is 19.6. The largest absolute Gasteiger partial charge is 0.341 e. The van der Waals surface area contributed by atoms with Gasteiger partial charge in [-0.25, -0.2) is 9.97 Å². The third-order valence-corrected chi connectivity index (χ3v) is 7.83. The molecule has 6 rings (SSSR count). The minimum atomic E-state index is 0. The molecule has 41 heavy (non-hydrogen) atoms. The number of imidazole rings is 2. The Labute approximate surface area is 260 Å². The van der Waals surface area contributed by atoms with Crippen molar-refractivity contribution in [3.05, 3.63) is 132 Å². The molecule has 0 aliphatic heterocycles. The summed E-state index contributed by atoms with van der Waals surface area (Å²) in [6.07, 6.45) is 1.86. The normalized spacial score (nSPS) is 13.1. The molecule has 6 nitrogen and oxygen atoms in total. The Kier molecular flexibility index (Phi) is 9.60. The van der Waals surface area contributed by atoms with Gasteiger partial charge in [0.2, 0.25) is 0 Å². The van der Waals surface area contributed by atoms with Crippen LogP contribution in [0.5, 0.6) is 0 Å². The van der Waals surface area contributed by atoms with E-state index in [1.165, 1.54) is 11.1 Å². The Balaban J connectivity index is 0.00000337. The predicted molar refractivity (Wildman–Crippen MR) is 163 cm³/mol. The number of rotatable bonds is 11. The number of aromatic amines is 2. The molecule has 206 valence electrons. The summed E-state index contributed by atoms with van der Waals surface area (Å²) in [5.41, 5.74) is 6.83. The monoisotopic (exact) mass is 708 g/mol. The molecular formula is C34H36HfN6. The Hall–Kier alpha value is -3.39. The van der Waals surface area contributed by atoms with Gasteiger partial charge in [-0.2, -0.15) is 0 Å². The van der Waals surface area contributed by atoms with Crippen molar-refractivity contribution in [2.45, 2.75) is 38.0 Å². The Morgan fingerprint density at radius 3 is 1.29 bits per heavy atom. The maximum atomic E-state index is 4.90. The molecule has 0 aliphatic rings. The fourth-order valence-electron chi connectivity index (χ4n) is 5.75. The van der Waals surface area contributed by atoms with E-state index in [0.29, 0.717) is 0 Å². The van der Waals surface area contributed by atoms with Crippen molar-refractivity contribution in [2.24, 2.45) is 0 Å². The first-order valence-electron chi connectivity index (χ1n) is 14.0. The molecule has 0 bridgehead atoms. The fourth-order valence-corrected chi connectivity index (χ4v) is 5.75. The number of nitrogens with one attached hydrogen (secondary N) is 2. The van der Waals surface area contributed by atoms with Gasteiger partial charge in [-0.1, -0.05) is 84.9 Å². The standard InChI is InChI=1S/C34H36N6.Hf/c1-39(23-33-35-27-17-9-10-18-28(27)36-33)31(21-25-13-5-3-6-14-25)32(22-26-15-7-4-8-16-26)40(2)24-34-37-29-19-11-12-20-30(29)38-34;/h3-20,31-32H,21-24H2,1-2H3,(H,35,36)(H,37,38);. The number of hydrogen-bond acceptors (Lipinski definition) is 4. The minimum absolute atomic E-state index is 0. The SMILES string of the molecule is CN(Cc1nc2ccccc2[nH]1)C(Cc1ccccc1)C(Cc1ccccc1)N(C)Cc1nc2ccccc2[nH]1.[Hf]. The van der Waals surface area contributed by atoms with E-state index in [4.69, 9.17) is 9.97 Å². The van der Waals surface area contributed by atoms with Gasteiger partial charge >= 0.3 is 0 Å². The minimum Gasteiger partial charge on any atom is -0.341 e. The zero-order valence-corrected chi connectivity index (χ0v) is 27.3. The average molecular weight is 707 g/mol. The summed E-state index contributed by atoms with van der Waals surface area (Å²) in [6.45, 7) is 1.46. The summed E-state index contributed by atoms with van der Waals surface area (Å²) < 4.78 is 0. The summed E-state index contributed by atoms with van der Waals surface area (Å²) in [5.74, 6) is 1.97. The smallest absolute Gasteiger partial charge is 0.121 e. The number of aromatic nitrogens is 4. The Morgan fingerprint density at radius 1 is 0.537 bits per heavy atom. The number of fused-ring (bicyclic) bond motifs is 2. The van der Waals surface area contributed by atoms with Crippen molar-refractivity contribution in [3.63, 3.8) is 0 Å². The molecule has 0 aliphatic carbocycles. The second kappa shape index (κ2) is 13.5. The van der Waals surface area contributed by atoms with Crippen molar-refractivity contribution in [1.82, 2.24) is 29.7 Å². The second-order valence-corrected chi connectivity index (χ2v) is 10.7. The molecule has 0 radical (unpaired) electrons. The van der Waals surface area contributed by atoms with Gasteiger partial charge in [0.25, 0.3) is 0 Å². The van der Waals surface area contributed by atoms with Crippen molar-refractivity contribution >= 4 is 22.1 Å². The van der Waals surface area contributed by atoms with Crippen molar-refractivity contribution < 1.29 is 25.8 Å². The molecule has 0 saturated heterocycles. The van der Waals surface area contributed by atoms with Crippen molar-refractivity contribution in [1.29, 1.82) is 0 Å². The number of benzene rings is 4. The summed E-state index contributed by atoms with van der Waals surface area (Å²) in [4.78, 5) is 21.8. The van der Waals surface area contributed by atoms with E-state index in [9.17, 15) is 0 Å². The van der Waals surface area contributed by atoms with Gasteiger partial charge in [0.05, 0.1) is 35.2 Å². The zero-order chi connectivity index (χ0) is 27.3. The van der Waals surface area contributed by atoms with Crippen LogP contribution in [0.15, 0.2) is 109 Å². The molecule has 0 fully saturated rings. The van der Waals surface area contributed by atoms with E-state index in [1.54, 1.807) is 0 Å². The summed E-state index contributed by atoms with van der Waals surface area (Å²) in [5, 5.41) is 0. The van der Waals surface area contributed by atoms with Gasteiger partial charge in [-0.05, 0) is 62.3 Å². The predicted octanol–water partition coefficient (Wildman–Crippen LogP) is 6.22. The molecule has 7 heteroatoms. The fraction of sp³-hybridized carbons (Fsp3) is 0.235. The van der Waals surface area contributed by atoms with Gasteiger partial charge in [0.15, 0.2) is 0 Å². The van der Waals surface area contributed by atoms with E-state index in [1.807, 2.05) is 12.1 Å². The zero-order valence-electron chi connectivity index (χ0n) is 23.7. The van der Waals surface area contributed by atoms with Gasteiger partial charge < -0.3 is 9.97 Å². The molecule has 4 aromatic carbocycles. The van der Waals surface area contributed by atoms with Crippen LogP contribution in [0.1, 0.15) is 22.8 Å². The maximum Gasteiger partial charge on any atom is 0.121 e. The van der Waals surface area contributed by atoms with Gasteiger partial charge in [0.1, 0.15) is 11.6 Å². The quantitative estimate of drug-likeness (QED) is 0.157. The van der Waals surface area contributed by atoms with Crippen LogP contribution in [0.4, 0.5) is 0 Å². The molecule has 6 aromatic rings. The Morgan fingerprint density at radius 2 is 0.902 bits per heavy atom. The molecule has 0 spiro atoms. The van der Waals surface area contributed by atoms with Crippen molar-refractivity contribution in [3.8, 4) is 0 Å². The van der Waals surface area contributed by atoms with Crippen molar-refractivity contribution in [2.75, 3.05) is 14.1 Å². The number of nitrogens with zero attached hydrogens (tertiary/aromatic N) is 4. The van der Waals surface area contributed by atoms with Crippen LogP contribution in [0.25, 0.3) is 22.1 Å². The topological polar surface area (TPSA) is 63.8 Å². The summed E-state index contributed by atoms with van der Waals surface area (Å²) in [7, 11) is 4.46. The third kappa shape index (κ3) is 7.10. The first-order valence-corrected chi connectivity index (χ1v) is 14.0. The molecule has 0 amide bonds. The molecule has 2 atom stereocenters. The number of hydrogen-bond donors (Lipinski definition) is 2. The van der Waals surface area contributed by atoms with Gasteiger partial charge in [0, 0.05) is 37.9 Å². The number of likely N-dealkylation sites (N-methyl/N-ethyl adjacent to an activating group) is 2. The van der Waals surface area contributed by atoms with E-state index in [0.717, 1.165) is 59.6 Å². The molecule has 2 N–H and O–H groups in total. The molecule has 2 heterocycles. The first kappa shape index (κ1) is 29.1. The van der Waals surface area contributed by atoms with E-state index in [-0.39, 0.29) is 37.9 Å². The maximum absolute atomic E-state index is 4.90. The van der Waals surface area contributed by atoms with Crippen LogP contribution in [-0.4, -0.2) is 55.9 Å². The van der Waals surface area contributed by atoms with Crippen LogP contribution in [0.2, 0.25) is 0 Å². The third-order valence-electron chi connectivity index (χ3n) is 7.83. The van der Waals surface area contributed by atoms with Gasteiger partial charge in [-0.15, -0.1) is 0 Å². The van der Waals surface area contributed by atoms with Crippen LogP contribution in [0, 0.1) is 0 Å². The van der Waals surface area contributed by atoms with Crippen LogP contribution in [0.3, 0.4) is 0 Å². The number of H-pyrrole nitrogens is 2. The summed E-state index contributed by atoms with van der Waals surface area (Å²) in [6, 6.07) is 38.6. The van der Waals surface area contributed by atoms with E-state index >= 15 is 0 Å². The summed E-state index contributed by atoms with van der Waals surface area (Å²) >= 11 is 0. The van der Waals surface area contributed by atoms with Crippen LogP contribution < -0.4 is 0 Å². The molecule has 0 saturated carbocycles. The Bertz CT molecular complexity index is 1470. The van der Waals surface area contributed by atoms with Gasteiger partial charge in [-0.3, -0.25) is 9.80 Å². The number of para-hydroxylation sites is 4.